The average Bonchev–Trinajstić information content (AvgIpc) is 3.26. The van der Waals surface area contributed by atoms with E-state index in [0.29, 0.717) is 17.0 Å². The van der Waals surface area contributed by atoms with Crippen LogP contribution in [0.3, 0.4) is 0 Å². The second-order valence-corrected chi connectivity index (χ2v) is 10.4. The van der Waals surface area contributed by atoms with Gasteiger partial charge in [-0.2, -0.15) is 0 Å². The molecule has 3 nitrogen and oxygen atoms in total. The van der Waals surface area contributed by atoms with E-state index in [4.69, 9.17) is 23.2 Å². The summed E-state index contributed by atoms with van der Waals surface area (Å²) < 4.78 is 1.05. The summed E-state index contributed by atoms with van der Waals surface area (Å²) in [4.78, 5) is 8.44. The van der Waals surface area contributed by atoms with E-state index < -0.39 is 5.60 Å². The van der Waals surface area contributed by atoms with Gasteiger partial charge in [-0.25, -0.2) is 0 Å². The van der Waals surface area contributed by atoms with E-state index in [-0.39, 0.29) is 0 Å². The number of aliphatic hydroxyl groups is 1. The predicted molar refractivity (Wildman–Crippen MR) is 123 cm³/mol. The van der Waals surface area contributed by atoms with Gasteiger partial charge >= 0.3 is 0 Å². The van der Waals surface area contributed by atoms with Crippen LogP contribution >= 0.6 is 39.1 Å². The quantitative estimate of drug-likeness (QED) is 0.488. The fourth-order valence-corrected chi connectivity index (χ4v) is 6.34. The van der Waals surface area contributed by atoms with E-state index in [1.807, 2.05) is 36.7 Å². The summed E-state index contributed by atoms with van der Waals surface area (Å²) in [5.41, 5.74) is 5.45. The molecule has 1 N–H and O–H groups in total. The normalized spacial score (nSPS) is 21.1. The largest absolute Gasteiger partial charge is 0.385 e. The van der Waals surface area contributed by atoms with Crippen LogP contribution < -0.4 is 0 Å². The third kappa shape index (κ3) is 3.48. The SMILES string of the molecule is Clc1cc(Br)c2c(c1)C=NC2.OC1(c2cc(Cl)cc3c2CN=C3)CC2(CCC2)C1. The van der Waals surface area contributed by atoms with Crippen molar-refractivity contribution in [3.05, 3.63) is 66.6 Å². The van der Waals surface area contributed by atoms with Crippen LogP contribution in [0.2, 0.25) is 10.0 Å². The lowest BCUT2D eigenvalue weighted by Crippen LogP contribution is -2.53. The Hall–Kier alpha value is -1.20. The molecule has 2 heterocycles. The average molecular weight is 492 g/mol. The van der Waals surface area contributed by atoms with E-state index in [2.05, 4.69) is 25.9 Å². The van der Waals surface area contributed by atoms with Gasteiger partial charge in [0.15, 0.2) is 0 Å². The van der Waals surface area contributed by atoms with Gasteiger partial charge in [0, 0.05) is 26.9 Å². The van der Waals surface area contributed by atoms with Crippen molar-refractivity contribution in [2.45, 2.75) is 50.8 Å². The number of rotatable bonds is 1. The molecule has 6 rings (SSSR count). The predicted octanol–water partition coefficient (Wildman–Crippen LogP) is 6.46. The maximum atomic E-state index is 10.9. The lowest BCUT2D eigenvalue weighted by atomic mass is 9.48. The first-order valence-corrected chi connectivity index (χ1v) is 11.5. The topological polar surface area (TPSA) is 45.0 Å². The summed E-state index contributed by atoms with van der Waals surface area (Å²) in [6.45, 7) is 1.46. The molecular formula is C23H21BrCl2N2O. The number of halogens is 3. The molecule has 0 aromatic heterocycles. The molecular weight excluding hydrogens is 471 g/mol. The fourth-order valence-electron chi connectivity index (χ4n) is 5.15. The minimum atomic E-state index is -0.650. The van der Waals surface area contributed by atoms with E-state index in [1.165, 1.54) is 30.4 Å². The zero-order valence-electron chi connectivity index (χ0n) is 15.9. The molecule has 150 valence electrons. The Labute approximate surface area is 189 Å². The Kier molecular flexibility index (Phi) is 4.90. The molecule has 2 aliphatic heterocycles. The molecule has 0 bridgehead atoms. The minimum Gasteiger partial charge on any atom is -0.385 e. The van der Waals surface area contributed by atoms with Gasteiger partial charge in [0.1, 0.15) is 0 Å². The molecule has 4 aliphatic rings. The van der Waals surface area contributed by atoms with Crippen molar-refractivity contribution in [1.82, 2.24) is 0 Å². The lowest BCUT2D eigenvalue weighted by molar-refractivity contribution is -0.169. The van der Waals surface area contributed by atoms with Crippen molar-refractivity contribution in [1.29, 1.82) is 0 Å². The maximum absolute atomic E-state index is 10.9. The van der Waals surface area contributed by atoms with Gasteiger partial charge in [-0.3, -0.25) is 9.98 Å². The van der Waals surface area contributed by atoms with Crippen molar-refractivity contribution >= 4 is 51.6 Å². The number of benzene rings is 2. The van der Waals surface area contributed by atoms with Gasteiger partial charge in [0.2, 0.25) is 0 Å². The standard InChI is InChI=1S/C15H16ClNO.C8H5BrClN/c16-11-4-10-6-17-7-12(10)13(5-11)15(18)8-14(9-15)2-1-3-14;9-8-2-6(10)1-5-3-11-4-7(5)8/h4-6,18H,1-3,7-9H2;1-3H,4H2. The van der Waals surface area contributed by atoms with Crippen LogP contribution in [-0.4, -0.2) is 17.5 Å². The molecule has 2 aliphatic carbocycles. The molecule has 0 saturated heterocycles. The molecule has 2 aromatic carbocycles. The zero-order valence-corrected chi connectivity index (χ0v) is 19.0. The molecule has 0 radical (unpaired) electrons. The van der Waals surface area contributed by atoms with Crippen LogP contribution in [0.25, 0.3) is 0 Å². The smallest absolute Gasteiger partial charge is 0.0911 e. The Balaban J connectivity index is 0.000000142. The van der Waals surface area contributed by atoms with Crippen LogP contribution in [0.4, 0.5) is 0 Å². The van der Waals surface area contributed by atoms with Gasteiger partial charge in [0.25, 0.3) is 0 Å². The molecule has 0 atom stereocenters. The molecule has 2 fully saturated rings. The van der Waals surface area contributed by atoms with Crippen LogP contribution in [0.15, 0.2) is 38.7 Å². The number of hydrogen-bond donors (Lipinski definition) is 1. The number of aliphatic imine (C=N–C) groups is 2. The van der Waals surface area contributed by atoms with E-state index in [0.717, 1.165) is 45.6 Å². The van der Waals surface area contributed by atoms with Crippen LogP contribution in [0.5, 0.6) is 0 Å². The van der Waals surface area contributed by atoms with Crippen molar-refractivity contribution in [3.63, 3.8) is 0 Å². The molecule has 0 unspecified atom stereocenters. The summed E-state index contributed by atoms with van der Waals surface area (Å²) in [5, 5.41) is 12.3. The number of hydrogen-bond acceptors (Lipinski definition) is 3. The van der Waals surface area contributed by atoms with Crippen molar-refractivity contribution in [2.75, 3.05) is 0 Å². The van der Waals surface area contributed by atoms with Crippen LogP contribution in [0.1, 0.15) is 59.9 Å². The second-order valence-electron chi connectivity index (χ2n) is 8.65. The van der Waals surface area contributed by atoms with Crippen LogP contribution in [0, 0.1) is 5.41 Å². The molecule has 29 heavy (non-hydrogen) atoms. The molecule has 6 heteroatoms. The second kappa shape index (κ2) is 7.19. The summed E-state index contributed by atoms with van der Waals surface area (Å²) >= 11 is 15.4. The first-order chi connectivity index (χ1) is 13.9. The Morgan fingerprint density at radius 2 is 1.45 bits per heavy atom. The minimum absolute atomic E-state index is 0.448. The lowest BCUT2D eigenvalue weighted by Gasteiger charge is -2.59. The van der Waals surface area contributed by atoms with Gasteiger partial charge < -0.3 is 5.11 Å². The Morgan fingerprint density at radius 1 is 0.862 bits per heavy atom. The maximum Gasteiger partial charge on any atom is 0.0911 e. The monoisotopic (exact) mass is 490 g/mol. The molecule has 0 amide bonds. The zero-order chi connectivity index (χ0) is 20.2. The summed E-state index contributed by atoms with van der Waals surface area (Å²) in [6.07, 6.45) is 9.44. The highest BCUT2D eigenvalue weighted by molar-refractivity contribution is 9.10. The van der Waals surface area contributed by atoms with Gasteiger partial charge in [0.05, 0.1) is 18.7 Å². The highest BCUT2D eigenvalue weighted by Crippen LogP contribution is 2.64. The third-order valence-corrected chi connectivity index (χ3v) is 7.80. The number of nitrogens with zero attached hydrogens (tertiary/aromatic N) is 2. The Bertz CT molecular complexity index is 1050. The van der Waals surface area contributed by atoms with Crippen molar-refractivity contribution in [2.24, 2.45) is 15.4 Å². The van der Waals surface area contributed by atoms with Crippen LogP contribution in [-0.2, 0) is 18.7 Å². The third-order valence-electron chi connectivity index (χ3n) is 6.65. The fraction of sp³-hybridized carbons (Fsp3) is 0.391. The molecule has 2 aromatic rings. The van der Waals surface area contributed by atoms with Crippen molar-refractivity contribution < 1.29 is 5.11 Å². The highest BCUT2D eigenvalue weighted by Gasteiger charge is 2.57. The molecule has 1 spiro atoms. The summed E-state index contributed by atoms with van der Waals surface area (Å²) in [5.74, 6) is 0. The van der Waals surface area contributed by atoms with E-state index >= 15 is 0 Å². The Morgan fingerprint density at radius 3 is 2.07 bits per heavy atom. The molecule has 2 saturated carbocycles. The van der Waals surface area contributed by atoms with Gasteiger partial charge in [-0.05, 0) is 83.2 Å². The van der Waals surface area contributed by atoms with Crippen molar-refractivity contribution in [3.8, 4) is 0 Å². The number of fused-ring (bicyclic) bond motifs is 2. The highest BCUT2D eigenvalue weighted by atomic mass is 79.9. The van der Waals surface area contributed by atoms with Gasteiger partial charge in [-0.1, -0.05) is 45.6 Å². The van der Waals surface area contributed by atoms with E-state index in [9.17, 15) is 5.11 Å². The first kappa shape index (κ1) is 19.7. The summed E-state index contributed by atoms with van der Waals surface area (Å²) in [7, 11) is 0. The van der Waals surface area contributed by atoms with E-state index in [1.54, 1.807) is 0 Å². The first-order valence-electron chi connectivity index (χ1n) is 9.90. The summed E-state index contributed by atoms with van der Waals surface area (Å²) in [6, 6.07) is 7.71. The van der Waals surface area contributed by atoms with Gasteiger partial charge in [-0.15, -0.1) is 0 Å².